The Kier molecular flexibility index (Phi) is 15.8. The fourth-order valence-corrected chi connectivity index (χ4v) is 14.3. The summed E-state index contributed by atoms with van der Waals surface area (Å²) in [5.41, 5.74) is 3.73. The third-order valence-electron chi connectivity index (χ3n) is 19.1. The normalized spacial score (nSPS) is 22.2. The Labute approximate surface area is 486 Å². The van der Waals surface area contributed by atoms with E-state index in [2.05, 4.69) is 33.0 Å². The fraction of sp³-hybridized carbons (Fsp3) is 0.578. The van der Waals surface area contributed by atoms with E-state index in [9.17, 15) is 19.2 Å². The summed E-state index contributed by atoms with van der Waals surface area (Å²) in [6, 6.07) is 14.9. The Hall–Kier alpha value is -6.70. The van der Waals surface area contributed by atoms with Crippen molar-refractivity contribution in [3.8, 4) is 23.0 Å². The molecule has 5 saturated heterocycles. The zero-order valence-electron chi connectivity index (χ0n) is 49.3. The lowest BCUT2D eigenvalue weighted by atomic mass is 9.65. The Morgan fingerprint density at radius 2 is 1.58 bits per heavy atom. The van der Waals surface area contributed by atoms with Crippen molar-refractivity contribution in [3.63, 3.8) is 0 Å². The lowest BCUT2D eigenvalue weighted by molar-refractivity contribution is -0.120. The number of piperidine rings is 1. The van der Waals surface area contributed by atoms with Crippen molar-refractivity contribution in [3.05, 3.63) is 77.2 Å². The van der Waals surface area contributed by atoms with Crippen molar-refractivity contribution in [1.82, 2.24) is 39.9 Å². The van der Waals surface area contributed by atoms with Crippen molar-refractivity contribution >= 4 is 57.1 Å². The monoisotopic (exact) mass is 1140 g/mol. The summed E-state index contributed by atoms with van der Waals surface area (Å²) in [4.78, 5) is 79.5. The van der Waals surface area contributed by atoms with E-state index in [0.717, 1.165) is 119 Å². The first-order chi connectivity index (χ1) is 40.0. The number of rotatable bonds is 15. The quantitative estimate of drug-likeness (QED) is 0.0981. The van der Waals surface area contributed by atoms with E-state index in [1.54, 1.807) is 18.2 Å². The van der Waals surface area contributed by atoms with Gasteiger partial charge in [-0.05, 0) is 156 Å². The number of carbonyl (C=O) groups excluding carboxylic acids is 4. The third-order valence-corrected chi connectivity index (χ3v) is 19.1. The average molecular weight is 1140 g/mol. The molecule has 3 aromatic carbocycles. The second kappa shape index (κ2) is 23.0. The molecule has 1 spiro atoms. The maximum atomic E-state index is 17.7. The van der Waals surface area contributed by atoms with Crippen LogP contribution in [0.3, 0.4) is 0 Å². The molecule has 5 aromatic rings. The molecule has 2 bridgehead atoms. The summed E-state index contributed by atoms with van der Waals surface area (Å²) >= 11 is 0. The molecule has 7 fully saturated rings. The van der Waals surface area contributed by atoms with E-state index in [0.29, 0.717) is 65.9 Å². The van der Waals surface area contributed by atoms with Gasteiger partial charge in [0.15, 0.2) is 12.6 Å². The Balaban J connectivity index is 0.685. The molecule has 1 N–H and O–H groups in total. The number of aryl methyl sites for hydroxylation is 2. The number of pyridine rings is 1. The minimum atomic E-state index is -0.621. The van der Waals surface area contributed by atoms with Gasteiger partial charge in [-0.3, -0.25) is 29.7 Å². The summed E-state index contributed by atoms with van der Waals surface area (Å²) in [5, 5.41) is 4.69. The molecule has 2 aliphatic carbocycles. The van der Waals surface area contributed by atoms with E-state index in [1.165, 1.54) is 25.7 Å². The predicted octanol–water partition coefficient (Wildman–Crippen LogP) is 9.76. The predicted molar refractivity (Wildman–Crippen MR) is 315 cm³/mol. The number of carbonyl (C=O) groups is 4. The van der Waals surface area contributed by atoms with Gasteiger partial charge in [0.25, 0.3) is 5.91 Å². The number of benzene rings is 3. The van der Waals surface area contributed by atoms with E-state index in [4.69, 9.17) is 33.9 Å². The summed E-state index contributed by atoms with van der Waals surface area (Å²) in [6.45, 7) is 19.0. The highest BCUT2D eigenvalue weighted by atomic mass is 19.1. The number of methoxy groups -OCH3 is 1. The van der Waals surface area contributed by atoms with E-state index < -0.39 is 17.4 Å². The number of halogens is 1. The number of amides is 5. The number of fused-ring (bicyclic) bond motifs is 4. The average Bonchev–Trinajstić information content (AvgIpc) is 4.39. The van der Waals surface area contributed by atoms with Crippen molar-refractivity contribution in [1.29, 1.82) is 0 Å². The van der Waals surface area contributed by atoms with Crippen molar-refractivity contribution < 1.29 is 42.5 Å². The van der Waals surface area contributed by atoms with Crippen LogP contribution in [0.25, 0.3) is 32.9 Å². The van der Waals surface area contributed by atoms with Crippen LogP contribution < -0.4 is 24.6 Å². The molecule has 19 heteroatoms. The van der Waals surface area contributed by atoms with Gasteiger partial charge in [-0.15, -0.1) is 0 Å². The van der Waals surface area contributed by atoms with Crippen LogP contribution in [0.2, 0.25) is 0 Å². The van der Waals surface area contributed by atoms with Crippen LogP contribution in [0.15, 0.2) is 54.7 Å². The summed E-state index contributed by atoms with van der Waals surface area (Å²) < 4.78 is 41.5. The number of hydrogen-bond acceptors (Lipinski definition) is 14. The van der Waals surface area contributed by atoms with Crippen LogP contribution in [0, 0.1) is 29.5 Å². The molecular weight excluding hydrogens is 1060 g/mol. The molecule has 7 aliphatic rings. The SMILES string of the molecule is CCc1cccc2cc(OCOC)cc(-c3ncc4c(N5CC6CCC(C5)N6C(=O)OC(C)(C)C)nc(OCC5(CN6CCN(CC7CCC8(CC7)CCN(C(=O)c7ccc(C)c(N9CCC(=O)NC9=O)c7)CC8)CC6)CC5)nc4c3F)c12. The molecule has 0 radical (unpaired) electrons. The number of piperazine rings is 2. The molecule has 2 aromatic heterocycles. The summed E-state index contributed by atoms with van der Waals surface area (Å²) in [7, 11) is 1.57. The van der Waals surface area contributed by atoms with Crippen LogP contribution in [0.4, 0.5) is 25.5 Å². The van der Waals surface area contributed by atoms with Crippen LogP contribution in [0.5, 0.6) is 11.8 Å². The lowest BCUT2D eigenvalue weighted by Crippen LogP contribution is -2.57. The maximum Gasteiger partial charge on any atom is 0.410 e. The number of aromatic nitrogens is 3. The second-order valence-electron chi connectivity index (χ2n) is 25.9. The molecule has 5 amide bonds. The molecule has 5 aliphatic heterocycles. The molecule has 2 unspecified atom stereocenters. The van der Waals surface area contributed by atoms with Crippen molar-refractivity contribution in [2.45, 2.75) is 129 Å². The fourth-order valence-electron chi connectivity index (χ4n) is 14.3. The third kappa shape index (κ3) is 11.9. The van der Waals surface area contributed by atoms with Crippen LogP contribution in [-0.4, -0.2) is 169 Å². The molecule has 7 heterocycles. The first-order valence-electron chi connectivity index (χ1n) is 30.4. The van der Waals surface area contributed by atoms with Gasteiger partial charge < -0.3 is 38.5 Å². The Bertz CT molecular complexity index is 3270. The zero-order chi connectivity index (χ0) is 57.8. The Morgan fingerprint density at radius 3 is 2.27 bits per heavy atom. The van der Waals surface area contributed by atoms with Gasteiger partial charge in [-0.2, -0.15) is 9.97 Å². The zero-order valence-corrected chi connectivity index (χ0v) is 49.3. The van der Waals surface area contributed by atoms with Crippen LogP contribution in [0.1, 0.15) is 120 Å². The van der Waals surface area contributed by atoms with Crippen LogP contribution in [-0.2, 0) is 20.7 Å². The summed E-state index contributed by atoms with van der Waals surface area (Å²) in [6.07, 6.45) is 13.0. The van der Waals surface area contributed by atoms with Gasteiger partial charge in [0.05, 0.1) is 24.1 Å². The number of anilines is 2. The minimum absolute atomic E-state index is 0.00304. The Morgan fingerprint density at radius 1 is 0.843 bits per heavy atom. The molecule has 12 rings (SSSR count). The van der Waals surface area contributed by atoms with E-state index in [-0.39, 0.29) is 71.3 Å². The molecule has 2 saturated carbocycles. The molecule has 442 valence electrons. The van der Waals surface area contributed by atoms with E-state index in [1.807, 2.05) is 80.0 Å². The van der Waals surface area contributed by atoms with E-state index >= 15 is 4.39 Å². The number of urea groups is 1. The van der Waals surface area contributed by atoms with Gasteiger partial charge in [0.2, 0.25) is 5.91 Å². The number of imide groups is 1. The van der Waals surface area contributed by atoms with Gasteiger partial charge in [0.1, 0.15) is 28.4 Å². The van der Waals surface area contributed by atoms with Gasteiger partial charge in [-0.25, -0.2) is 14.0 Å². The highest BCUT2D eigenvalue weighted by molar-refractivity contribution is 6.07. The first-order valence-corrected chi connectivity index (χ1v) is 30.4. The second-order valence-corrected chi connectivity index (χ2v) is 25.9. The van der Waals surface area contributed by atoms with Crippen LogP contribution >= 0.6 is 0 Å². The van der Waals surface area contributed by atoms with Crippen molar-refractivity contribution in [2.24, 2.45) is 16.7 Å². The molecule has 2 atom stereocenters. The topological polar surface area (TPSA) is 175 Å². The minimum Gasteiger partial charge on any atom is -0.468 e. The van der Waals surface area contributed by atoms with Gasteiger partial charge in [-0.1, -0.05) is 31.2 Å². The standard InChI is InChI=1S/C64H81FN10O8/c1-7-43-9-8-10-44-31-48(82-40-80-6)33-49(53(43)44)55-54(65)56-50(34-66-55)57(73-36-46-13-14-47(37-73)75(46)61(79)83-62(3,4)5)69-59(68-56)81-39-64(20-21-64)38-71-29-27-70(28-30-71)35-42-15-18-63(19-16-42)22-25-72(26-23-63)58(77)45-12-11-41(2)51(32-45)74-24-17-52(76)67-60(74)78/h8-12,31-34,42,46-47H,7,13-30,35-40H2,1-6H3,(H,67,76,78). The summed E-state index contributed by atoms with van der Waals surface area (Å²) in [5.74, 6) is 0.922. The largest absolute Gasteiger partial charge is 0.468 e. The number of nitrogens with one attached hydrogen (secondary N) is 1. The maximum absolute atomic E-state index is 17.7. The lowest BCUT2D eigenvalue weighted by Gasteiger charge is -2.47. The van der Waals surface area contributed by atoms with Gasteiger partial charge in [0, 0.05) is 114 Å². The highest BCUT2D eigenvalue weighted by Crippen LogP contribution is 2.49. The highest BCUT2D eigenvalue weighted by Gasteiger charge is 2.48. The molecular formula is C64H81FN10O8. The number of ether oxygens (including phenoxy) is 4. The molecule has 83 heavy (non-hydrogen) atoms. The smallest absolute Gasteiger partial charge is 0.410 e. The number of nitrogens with zero attached hydrogens (tertiary/aromatic N) is 9. The number of hydrogen-bond donors (Lipinski definition) is 1. The first kappa shape index (κ1) is 56.8. The van der Waals surface area contributed by atoms with Gasteiger partial charge >= 0.3 is 18.1 Å². The van der Waals surface area contributed by atoms with Crippen molar-refractivity contribution in [2.75, 3.05) is 102 Å². The molecule has 18 nitrogen and oxygen atoms in total. The number of likely N-dealkylation sites (tertiary alicyclic amines) is 1.